The van der Waals surface area contributed by atoms with Crippen molar-refractivity contribution in [2.24, 2.45) is 0 Å². The summed E-state index contributed by atoms with van der Waals surface area (Å²) in [6, 6.07) is 8.22. The SMILES string of the molecule is CN(C)c1cnn(Cc2ccc(B(O)O)cc2)c(=O)c1. The Morgan fingerprint density at radius 3 is 2.40 bits per heavy atom. The van der Waals surface area contributed by atoms with E-state index in [0.717, 1.165) is 11.3 Å². The standard InChI is InChI=1S/C13H16BN3O3/c1-16(2)12-7-13(18)17(15-8-12)9-10-3-5-11(6-4-10)14(19)20/h3-8,19-20H,9H2,1-2H3. The van der Waals surface area contributed by atoms with E-state index in [0.29, 0.717) is 12.0 Å². The van der Waals surface area contributed by atoms with Crippen molar-refractivity contribution in [1.29, 1.82) is 0 Å². The molecular formula is C13H16BN3O3. The van der Waals surface area contributed by atoms with Crippen LogP contribution >= 0.6 is 0 Å². The van der Waals surface area contributed by atoms with Crippen LogP contribution in [0.1, 0.15) is 5.56 Å². The normalized spacial score (nSPS) is 10.4. The number of rotatable bonds is 4. The minimum Gasteiger partial charge on any atom is -0.423 e. The summed E-state index contributed by atoms with van der Waals surface area (Å²) >= 11 is 0. The molecule has 6 nitrogen and oxygen atoms in total. The van der Waals surface area contributed by atoms with Crippen molar-refractivity contribution < 1.29 is 10.0 Å². The van der Waals surface area contributed by atoms with Gasteiger partial charge in [0.2, 0.25) is 0 Å². The fourth-order valence-electron chi connectivity index (χ4n) is 1.76. The lowest BCUT2D eigenvalue weighted by atomic mass is 9.80. The molecule has 2 aromatic rings. The molecule has 0 spiro atoms. The van der Waals surface area contributed by atoms with Gasteiger partial charge in [-0.15, -0.1) is 0 Å². The number of aromatic nitrogens is 2. The average Bonchev–Trinajstić information content (AvgIpc) is 2.41. The monoisotopic (exact) mass is 273 g/mol. The zero-order valence-corrected chi connectivity index (χ0v) is 11.4. The maximum Gasteiger partial charge on any atom is 0.488 e. The van der Waals surface area contributed by atoms with E-state index in [1.807, 2.05) is 19.0 Å². The second-order valence-corrected chi connectivity index (χ2v) is 4.72. The zero-order valence-electron chi connectivity index (χ0n) is 11.4. The second kappa shape index (κ2) is 5.89. The minimum atomic E-state index is -1.48. The predicted molar refractivity (Wildman–Crippen MR) is 78.2 cm³/mol. The van der Waals surface area contributed by atoms with E-state index < -0.39 is 7.12 Å². The lowest BCUT2D eigenvalue weighted by molar-refractivity contribution is 0.426. The van der Waals surface area contributed by atoms with Crippen molar-refractivity contribution >= 4 is 18.3 Å². The molecule has 0 saturated heterocycles. The summed E-state index contributed by atoms with van der Waals surface area (Å²) in [5.74, 6) is 0. The van der Waals surface area contributed by atoms with E-state index in [9.17, 15) is 4.79 Å². The molecule has 0 bridgehead atoms. The Kier molecular flexibility index (Phi) is 4.21. The molecule has 0 amide bonds. The first-order chi connectivity index (χ1) is 9.47. The van der Waals surface area contributed by atoms with Crippen LogP contribution < -0.4 is 15.9 Å². The molecule has 2 N–H and O–H groups in total. The smallest absolute Gasteiger partial charge is 0.423 e. The van der Waals surface area contributed by atoms with Crippen LogP contribution in [0.15, 0.2) is 41.3 Å². The number of anilines is 1. The molecule has 20 heavy (non-hydrogen) atoms. The maximum absolute atomic E-state index is 11.9. The summed E-state index contributed by atoms with van der Waals surface area (Å²) in [6.45, 7) is 0.342. The third-order valence-corrected chi connectivity index (χ3v) is 2.98. The summed E-state index contributed by atoms with van der Waals surface area (Å²) in [4.78, 5) is 13.7. The zero-order chi connectivity index (χ0) is 14.7. The van der Waals surface area contributed by atoms with E-state index in [-0.39, 0.29) is 5.56 Å². The average molecular weight is 273 g/mol. The van der Waals surface area contributed by atoms with Crippen molar-refractivity contribution in [1.82, 2.24) is 9.78 Å². The molecule has 7 heteroatoms. The molecule has 0 fully saturated rings. The van der Waals surface area contributed by atoms with E-state index in [4.69, 9.17) is 10.0 Å². The molecule has 0 atom stereocenters. The molecule has 0 saturated carbocycles. The Labute approximate surface area is 117 Å². The van der Waals surface area contributed by atoms with E-state index >= 15 is 0 Å². The summed E-state index contributed by atoms with van der Waals surface area (Å²) < 4.78 is 1.36. The van der Waals surface area contributed by atoms with Crippen LogP contribution in [0.3, 0.4) is 0 Å². The second-order valence-electron chi connectivity index (χ2n) is 4.72. The van der Waals surface area contributed by atoms with Gasteiger partial charge in [-0.2, -0.15) is 5.10 Å². The van der Waals surface area contributed by atoms with Crippen molar-refractivity contribution in [3.8, 4) is 0 Å². The van der Waals surface area contributed by atoms with Crippen molar-refractivity contribution in [2.75, 3.05) is 19.0 Å². The van der Waals surface area contributed by atoms with Gasteiger partial charge in [0, 0.05) is 20.2 Å². The van der Waals surface area contributed by atoms with Crippen LogP contribution in [0.25, 0.3) is 0 Å². The minimum absolute atomic E-state index is 0.178. The number of hydrogen-bond donors (Lipinski definition) is 2. The molecule has 1 aromatic heterocycles. The topological polar surface area (TPSA) is 78.6 Å². The predicted octanol–water partition coefficient (Wildman–Crippen LogP) is -0.963. The Balaban J connectivity index is 2.20. The summed E-state index contributed by atoms with van der Waals surface area (Å²) in [6.07, 6.45) is 1.63. The van der Waals surface area contributed by atoms with Crippen LogP contribution in [0, 0.1) is 0 Å². The summed E-state index contributed by atoms with van der Waals surface area (Å²) in [7, 11) is 2.21. The molecule has 104 valence electrons. The first-order valence-electron chi connectivity index (χ1n) is 6.17. The first kappa shape index (κ1) is 14.3. The Hall–Kier alpha value is -2.12. The first-order valence-corrected chi connectivity index (χ1v) is 6.17. The van der Waals surface area contributed by atoms with Gasteiger partial charge >= 0.3 is 7.12 Å². The van der Waals surface area contributed by atoms with Crippen LogP contribution in [0.4, 0.5) is 5.69 Å². The lowest BCUT2D eigenvalue weighted by Gasteiger charge is -2.12. The number of hydrogen-bond acceptors (Lipinski definition) is 5. The van der Waals surface area contributed by atoms with E-state index in [2.05, 4.69) is 5.10 Å². The molecule has 0 aliphatic carbocycles. The highest BCUT2D eigenvalue weighted by molar-refractivity contribution is 6.58. The fourth-order valence-corrected chi connectivity index (χ4v) is 1.76. The van der Waals surface area contributed by atoms with Gasteiger partial charge in [0.25, 0.3) is 5.56 Å². The molecule has 1 aromatic carbocycles. The van der Waals surface area contributed by atoms with Gasteiger partial charge in [-0.25, -0.2) is 4.68 Å². The fraction of sp³-hybridized carbons (Fsp3) is 0.231. The Morgan fingerprint density at radius 1 is 1.25 bits per heavy atom. The molecule has 0 aliphatic rings. The van der Waals surface area contributed by atoms with Gasteiger partial charge in [0.05, 0.1) is 18.4 Å². The van der Waals surface area contributed by atoms with Gasteiger partial charge in [-0.1, -0.05) is 24.3 Å². The van der Waals surface area contributed by atoms with Crippen LogP contribution in [0.5, 0.6) is 0 Å². The Bertz CT molecular complexity index is 638. The van der Waals surface area contributed by atoms with Gasteiger partial charge < -0.3 is 14.9 Å². The van der Waals surface area contributed by atoms with Gasteiger partial charge in [0.1, 0.15) is 0 Å². The van der Waals surface area contributed by atoms with Crippen molar-refractivity contribution in [3.05, 3.63) is 52.4 Å². The third kappa shape index (κ3) is 3.25. The third-order valence-electron chi connectivity index (χ3n) is 2.98. The van der Waals surface area contributed by atoms with Crippen molar-refractivity contribution in [3.63, 3.8) is 0 Å². The number of benzene rings is 1. The lowest BCUT2D eigenvalue weighted by Crippen LogP contribution is -2.29. The molecule has 0 aliphatic heterocycles. The van der Waals surface area contributed by atoms with Crippen LogP contribution in [0.2, 0.25) is 0 Å². The molecule has 0 radical (unpaired) electrons. The van der Waals surface area contributed by atoms with Gasteiger partial charge in [-0.05, 0) is 11.0 Å². The quantitative estimate of drug-likeness (QED) is 0.701. The van der Waals surface area contributed by atoms with Crippen LogP contribution in [-0.2, 0) is 6.54 Å². The van der Waals surface area contributed by atoms with E-state index in [1.165, 1.54) is 10.7 Å². The molecule has 2 rings (SSSR count). The highest BCUT2D eigenvalue weighted by atomic mass is 16.4. The van der Waals surface area contributed by atoms with Crippen molar-refractivity contribution in [2.45, 2.75) is 6.54 Å². The van der Waals surface area contributed by atoms with E-state index in [1.54, 1.807) is 30.5 Å². The molecular weight excluding hydrogens is 257 g/mol. The van der Waals surface area contributed by atoms with Crippen LogP contribution in [-0.4, -0.2) is 41.0 Å². The summed E-state index contributed by atoms with van der Waals surface area (Å²) in [5.41, 5.74) is 1.85. The molecule has 0 unspecified atom stereocenters. The Morgan fingerprint density at radius 2 is 1.90 bits per heavy atom. The highest BCUT2D eigenvalue weighted by Gasteiger charge is 2.10. The summed E-state index contributed by atoms with van der Waals surface area (Å²) in [5, 5.41) is 22.1. The van der Waals surface area contributed by atoms with Gasteiger partial charge in [0.15, 0.2) is 0 Å². The largest absolute Gasteiger partial charge is 0.488 e. The number of nitrogens with zero attached hydrogens (tertiary/aromatic N) is 3. The molecule has 1 heterocycles. The highest BCUT2D eigenvalue weighted by Crippen LogP contribution is 2.05. The maximum atomic E-state index is 11.9. The van der Waals surface area contributed by atoms with Gasteiger partial charge in [-0.3, -0.25) is 4.79 Å².